The highest BCUT2D eigenvalue weighted by molar-refractivity contribution is 5.41. The molecule has 0 radical (unpaired) electrons. The van der Waals surface area contributed by atoms with Crippen molar-refractivity contribution >= 4 is 5.82 Å². The van der Waals surface area contributed by atoms with E-state index in [2.05, 4.69) is 48.1 Å². The first-order chi connectivity index (χ1) is 8.72. The van der Waals surface area contributed by atoms with Crippen LogP contribution in [0.15, 0.2) is 18.3 Å². The van der Waals surface area contributed by atoms with Crippen molar-refractivity contribution in [2.75, 3.05) is 31.1 Å². The number of nitrogens with zero attached hydrogens (tertiary/aromatic N) is 2. The van der Waals surface area contributed by atoms with Crippen LogP contribution in [-0.2, 0) is 0 Å². The van der Waals surface area contributed by atoms with Gasteiger partial charge in [-0.3, -0.25) is 0 Å². The Balaban J connectivity index is 2.78. The van der Waals surface area contributed by atoms with Gasteiger partial charge >= 0.3 is 0 Å². The minimum absolute atomic E-state index is 0.226. The van der Waals surface area contributed by atoms with Crippen molar-refractivity contribution in [3.8, 4) is 0 Å². The van der Waals surface area contributed by atoms with Crippen molar-refractivity contribution in [2.24, 2.45) is 0 Å². The lowest BCUT2D eigenvalue weighted by atomic mass is 10.1. The van der Waals surface area contributed by atoms with Crippen LogP contribution in [0, 0.1) is 0 Å². The summed E-state index contributed by atoms with van der Waals surface area (Å²) >= 11 is 0. The Morgan fingerprint density at radius 2 is 2.22 bits per heavy atom. The summed E-state index contributed by atoms with van der Waals surface area (Å²) in [5.74, 6) is 0.994. The highest BCUT2D eigenvalue weighted by Gasteiger charge is 2.09. The van der Waals surface area contributed by atoms with E-state index in [0.717, 1.165) is 31.9 Å². The molecule has 18 heavy (non-hydrogen) atoms. The zero-order valence-electron chi connectivity index (χ0n) is 11.7. The summed E-state index contributed by atoms with van der Waals surface area (Å²) < 4.78 is 0. The average molecular weight is 251 g/mol. The Kier molecular flexibility index (Phi) is 6.68. The average Bonchev–Trinajstić information content (AvgIpc) is 2.40. The summed E-state index contributed by atoms with van der Waals surface area (Å²) in [5.41, 5.74) is 1.25. The summed E-state index contributed by atoms with van der Waals surface area (Å²) in [6, 6.07) is 4.53. The highest BCUT2D eigenvalue weighted by Crippen LogP contribution is 2.18. The van der Waals surface area contributed by atoms with Gasteiger partial charge in [-0.25, -0.2) is 4.98 Å². The second kappa shape index (κ2) is 8.06. The van der Waals surface area contributed by atoms with Crippen molar-refractivity contribution in [2.45, 2.75) is 33.2 Å². The summed E-state index contributed by atoms with van der Waals surface area (Å²) in [4.78, 5) is 6.62. The van der Waals surface area contributed by atoms with Crippen molar-refractivity contribution < 1.29 is 5.11 Å². The monoisotopic (exact) mass is 251 g/mol. The van der Waals surface area contributed by atoms with Crippen LogP contribution >= 0.6 is 0 Å². The number of nitrogens with one attached hydrogen (secondary N) is 1. The lowest BCUT2D eigenvalue weighted by molar-refractivity contribution is 0.289. The first-order valence-corrected chi connectivity index (χ1v) is 6.78. The number of anilines is 1. The van der Waals surface area contributed by atoms with Crippen LogP contribution in [0.3, 0.4) is 0 Å². The van der Waals surface area contributed by atoms with Gasteiger partial charge in [0.1, 0.15) is 5.82 Å². The van der Waals surface area contributed by atoms with E-state index in [1.807, 2.05) is 6.20 Å². The second-order valence-corrected chi connectivity index (χ2v) is 4.38. The Morgan fingerprint density at radius 3 is 2.83 bits per heavy atom. The topological polar surface area (TPSA) is 48.4 Å². The fraction of sp³-hybridized carbons (Fsp3) is 0.643. The minimum atomic E-state index is 0.226. The molecule has 4 nitrogen and oxygen atoms in total. The Morgan fingerprint density at radius 1 is 1.44 bits per heavy atom. The van der Waals surface area contributed by atoms with E-state index in [9.17, 15) is 0 Å². The molecule has 4 heteroatoms. The van der Waals surface area contributed by atoms with Crippen LogP contribution in [0.4, 0.5) is 5.82 Å². The second-order valence-electron chi connectivity index (χ2n) is 4.38. The van der Waals surface area contributed by atoms with E-state index in [1.165, 1.54) is 5.56 Å². The zero-order chi connectivity index (χ0) is 13.4. The molecule has 2 N–H and O–H groups in total. The zero-order valence-corrected chi connectivity index (χ0v) is 11.7. The Hall–Kier alpha value is -1.13. The van der Waals surface area contributed by atoms with Gasteiger partial charge in [-0.15, -0.1) is 0 Å². The number of aliphatic hydroxyl groups excluding tert-OH is 1. The molecule has 1 unspecified atom stereocenters. The van der Waals surface area contributed by atoms with Gasteiger partial charge in [-0.05, 0) is 44.5 Å². The van der Waals surface area contributed by atoms with Crippen molar-refractivity contribution in [1.82, 2.24) is 10.3 Å². The van der Waals surface area contributed by atoms with Crippen LogP contribution in [0.1, 0.15) is 38.8 Å². The smallest absolute Gasteiger partial charge is 0.128 e. The first-order valence-electron chi connectivity index (χ1n) is 6.78. The van der Waals surface area contributed by atoms with Crippen molar-refractivity contribution in [3.05, 3.63) is 23.9 Å². The maximum absolute atomic E-state index is 8.91. The van der Waals surface area contributed by atoms with E-state index in [-0.39, 0.29) is 6.61 Å². The Bertz CT molecular complexity index is 344. The van der Waals surface area contributed by atoms with Gasteiger partial charge in [0.05, 0.1) is 0 Å². The minimum Gasteiger partial charge on any atom is -0.396 e. The number of rotatable bonds is 8. The third kappa shape index (κ3) is 4.27. The number of hydrogen-bond donors (Lipinski definition) is 2. The molecular formula is C14H25N3O. The lowest BCUT2D eigenvalue weighted by Crippen LogP contribution is -2.26. The van der Waals surface area contributed by atoms with Gasteiger partial charge in [-0.2, -0.15) is 0 Å². The molecule has 102 valence electrons. The fourth-order valence-corrected chi connectivity index (χ4v) is 2.00. The fourth-order valence-electron chi connectivity index (χ4n) is 2.00. The molecule has 1 heterocycles. The molecule has 0 aliphatic carbocycles. The SMILES string of the molecule is CCNC(C)c1ccnc(N(CC)CCCO)c1. The number of hydrogen-bond acceptors (Lipinski definition) is 4. The molecule has 1 rings (SSSR count). The summed E-state index contributed by atoms with van der Waals surface area (Å²) in [7, 11) is 0. The van der Waals surface area contributed by atoms with Crippen LogP contribution in [0.25, 0.3) is 0 Å². The van der Waals surface area contributed by atoms with Crippen molar-refractivity contribution in [3.63, 3.8) is 0 Å². The normalized spacial score (nSPS) is 12.4. The summed E-state index contributed by atoms with van der Waals surface area (Å²) in [5, 5.41) is 12.3. The first kappa shape index (κ1) is 14.9. The van der Waals surface area contributed by atoms with Gasteiger partial charge in [0, 0.05) is 31.9 Å². The van der Waals surface area contributed by atoms with E-state index in [1.54, 1.807) is 0 Å². The number of pyridine rings is 1. The molecule has 0 amide bonds. The highest BCUT2D eigenvalue weighted by atomic mass is 16.3. The van der Waals surface area contributed by atoms with E-state index in [0.29, 0.717) is 6.04 Å². The van der Waals surface area contributed by atoms with Gasteiger partial charge < -0.3 is 15.3 Å². The molecule has 0 aliphatic rings. The largest absolute Gasteiger partial charge is 0.396 e. The third-order valence-electron chi connectivity index (χ3n) is 3.07. The number of aliphatic hydroxyl groups is 1. The standard InChI is InChI=1S/C14H25N3O/c1-4-15-12(3)13-7-8-16-14(11-13)17(5-2)9-6-10-18/h7-8,11-12,15,18H,4-6,9-10H2,1-3H3. The predicted octanol–water partition coefficient (Wildman–Crippen LogP) is 1.96. The lowest BCUT2D eigenvalue weighted by Gasteiger charge is -2.23. The molecule has 0 aliphatic heterocycles. The van der Waals surface area contributed by atoms with E-state index < -0.39 is 0 Å². The van der Waals surface area contributed by atoms with Crippen LogP contribution < -0.4 is 10.2 Å². The maximum atomic E-state index is 8.91. The Labute approximate surface area is 110 Å². The van der Waals surface area contributed by atoms with Gasteiger partial charge in [-0.1, -0.05) is 6.92 Å². The predicted molar refractivity (Wildman–Crippen MR) is 75.9 cm³/mol. The molecule has 1 aromatic rings. The molecule has 0 saturated heterocycles. The van der Waals surface area contributed by atoms with Gasteiger partial charge in [0.15, 0.2) is 0 Å². The van der Waals surface area contributed by atoms with E-state index in [4.69, 9.17) is 5.11 Å². The molecule has 0 spiro atoms. The molecule has 0 saturated carbocycles. The molecule has 0 fully saturated rings. The molecular weight excluding hydrogens is 226 g/mol. The summed E-state index contributed by atoms with van der Waals surface area (Å²) in [6.07, 6.45) is 2.64. The third-order valence-corrected chi connectivity index (χ3v) is 3.07. The summed E-state index contributed by atoms with van der Waals surface area (Å²) in [6.45, 7) is 9.32. The van der Waals surface area contributed by atoms with Gasteiger partial charge in [0.25, 0.3) is 0 Å². The quantitative estimate of drug-likeness (QED) is 0.741. The van der Waals surface area contributed by atoms with Crippen LogP contribution in [0.2, 0.25) is 0 Å². The van der Waals surface area contributed by atoms with Crippen LogP contribution in [-0.4, -0.2) is 36.3 Å². The molecule has 1 atom stereocenters. The van der Waals surface area contributed by atoms with E-state index >= 15 is 0 Å². The maximum Gasteiger partial charge on any atom is 0.128 e. The number of aromatic nitrogens is 1. The molecule has 0 aromatic carbocycles. The van der Waals surface area contributed by atoms with Gasteiger partial charge in [0.2, 0.25) is 0 Å². The molecule has 0 bridgehead atoms. The van der Waals surface area contributed by atoms with Crippen LogP contribution in [0.5, 0.6) is 0 Å². The molecule has 1 aromatic heterocycles. The van der Waals surface area contributed by atoms with Crippen molar-refractivity contribution in [1.29, 1.82) is 0 Å².